The van der Waals surface area contributed by atoms with Gasteiger partial charge in [-0.3, -0.25) is 9.69 Å². The Bertz CT molecular complexity index is 1720. The minimum Gasteiger partial charge on any atom is -0.454 e. The summed E-state index contributed by atoms with van der Waals surface area (Å²) in [4.78, 5) is 27.4. The molecular weight excluding hydrogens is 643 g/mol. The number of benzene rings is 3. The lowest BCUT2D eigenvalue weighted by atomic mass is 10.0. The molecule has 1 saturated heterocycles. The van der Waals surface area contributed by atoms with Crippen LogP contribution in [0.3, 0.4) is 0 Å². The Morgan fingerprint density at radius 1 is 1.02 bits per heavy atom. The molecule has 3 N–H and O–H groups in total. The third kappa shape index (κ3) is 8.17. The fourth-order valence-corrected chi connectivity index (χ4v) is 7.20. The monoisotopic (exact) mass is 684 g/mol. The summed E-state index contributed by atoms with van der Waals surface area (Å²) in [6.07, 6.45) is -3.43. The Balaban J connectivity index is 1.35. The average molecular weight is 685 g/mol. The maximum Gasteiger partial charge on any atom is 0.415 e. The van der Waals surface area contributed by atoms with Crippen molar-refractivity contribution in [2.24, 2.45) is 5.92 Å². The van der Waals surface area contributed by atoms with Gasteiger partial charge in [0, 0.05) is 30.9 Å². The second-order valence-electron chi connectivity index (χ2n) is 12.6. The van der Waals surface area contributed by atoms with Crippen LogP contribution < -0.4 is 25.0 Å². The number of fused-ring (bicyclic) bond motifs is 1. The second-order valence-corrected chi connectivity index (χ2v) is 14.5. The molecule has 0 spiro atoms. The number of aliphatic hydroxyl groups excluding tert-OH is 1. The van der Waals surface area contributed by atoms with E-state index < -0.39 is 46.1 Å². The van der Waals surface area contributed by atoms with E-state index in [2.05, 4.69) is 10.6 Å². The number of cyclic esters (lactones) is 1. The smallest absolute Gasteiger partial charge is 0.415 e. The summed E-state index contributed by atoms with van der Waals surface area (Å²) in [6.45, 7) is 7.02. The van der Waals surface area contributed by atoms with Crippen LogP contribution >= 0.6 is 0 Å². The molecule has 2 aliphatic heterocycles. The highest BCUT2D eigenvalue weighted by molar-refractivity contribution is 7.89. The van der Waals surface area contributed by atoms with Crippen molar-refractivity contribution in [3.8, 4) is 11.5 Å². The summed E-state index contributed by atoms with van der Waals surface area (Å²) in [7, 11) is -4.12. The Morgan fingerprint density at radius 2 is 1.75 bits per heavy atom. The normalized spacial score (nSPS) is 17.1. The van der Waals surface area contributed by atoms with Gasteiger partial charge in [0.05, 0.1) is 29.3 Å². The van der Waals surface area contributed by atoms with Crippen molar-refractivity contribution >= 4 is 33.4 Å². The first kappa shape index (κ1) is 34.9. The zero-order valence-corrected chi connectivity index (χ0v) is 28.1. The minimum atomic E-state index is -4.12. The molecule has 0 saturated carbocycles. The molecule has 12 nitrogen and oxygen atoms in total. The molecule has 14 heteroatoms. The highest BCUT2D eigenvalue weighted by Gasteiger charge is 2.40. The molecule has 2 heterocycles. The van der Waals surface area contributed by atoms with E-state index in [1.54, 1.807) is 6.07 Å². The third-order valence-corrected chi connectivity index (χ3v) is 9.66. The van der Waals surface area contributed by atoms with Gasteiger partial charge in [0.2, 0.25) is 16.8 Å². The van der Waals surface area contributed by atoms with Crippen molar-refractivity contribution in [1.29, 1.82) is 0 Å². The molecule has 0 aromatic heterocycles. The molecule has 0 bridgehead atoms. The molecule has 0 aliphatic carbocycles. The quantitative estimate of drug-likeness (QED) is 0.228. The topological polar surface area (TPSA) is 147 Å². The van der Waals surface area contributed by atoms with Gasteiger partial charge in [-0.25, -0.2) is 17.6 Å². The van der Waals surface area contributed by atoms with Crippen LogP contribution in [0.2, 0.25) is 0 Å². The minimum absolute atomic E-state index is 0.0150. The van der Waals surface area contributed by atoms with Crippen LogP contribution in [-0.4, -0.2) is 80.5 Å². The number of hydrogen-bond donors (Lipinski definition) is 3. The first-order valence-electron chi connectivity index (χ1n) is 15.8. The summed E-state index contributed by atoms with van der Waals surface area (Å²) in [5.41, 5.74) is 1.33. The molecule has 1 fully saturated rings. The molecule has 3 aromatic carbocycles. The lowest BCUT2D eigenvalue weighted by molar-refractivity contribution is -0.129. The fraction of sp³-hybridized carbons (Fsp3) is 0.412. The maximum atomic E-state index is 14.8. The largest absolute Gasteiger partial charge is 0.454 e. The zero-order valence-electron chi connectivity index (χ0n) is 27.3. The van der Waals surface area contributed by atoms with E-state index in [0.717, 1.165) is 10.5 Å². The Labute approximate surface area is 279 Å². The third-order valence-electron chi connectivity index (χ3n) is 7.83. The van der Waals surface area contributed by atoms with Gasteiger partial charge in [-0.2, -0.15) is 4.31 Å². The Morgan fingerprint density at radius 3 is 2.46 bits per heavy atom. The van der Waals surface area contributed by atoms with Crippen LogP contribution in [0.1, 0.15) is 33.3 Å². The van der Waals surface area contributed by atoms with Gasteiger partial charge in [-0.15, -0.1) is 0 Å². The standard InChI is InChI=1S/C34H41FN4O8S/c1-21(2)17-38(48(43,44)25-11-13-30-31(16-25)46-20-45-30)18-29(40)27(14-23-8-6-5-7-9-23)37-33(41)32-19-39(34(42)47-32)28-15-24(36-22(3)4)10-12-26(28)35/h5-13,15-16,21-22,27,29,32,36,40H,14,17-20H2,1-4H3,(H,37,41)/t27?,29-,32?/m1/s1. The van der Waals surface area contributed by atoms with E-state index >= 15 is 0 Å². The number of carbonyl (C=O) groups excluding carboxylic acids is 2. The number of anilines is 2. The highest BCUT2D eigenvalue weighted by atomic mass is 32.2. The van der Waals surface area contributed by atoms with Crippen molar-refractivity contribution in [1.82, 2.24) is 9.62 Å². The van der Waals surface area contributed by atoms with Crippen molar-refractivity contribution in [2.45, 2.75) is 63.3 Å². The average Bonchev–Trinajstić information content (AvgIpc) is 3.67. The van der Waals surface area contributed by atoms with Crippen molar-refractivity contribution in [3.63, 3.8) is 0 Å². The molecule has 2 aliphatic rings. The van der Waals surface area contributed by atoms with E-state index in [4.69, 9.17) is 14.2 Å². The number of aliphatic hydroxyl groups is 1. The summed E-state index contributed by atoms with van der Waals surface area (Å²) in [5.74, 6) is -0.728. The number of hydrogen-bond acceptors (Lipinski definition) is 9. The van der Waals surface area contributed by atoms with E-state index in [-0.39, 0.29) is 55.4 Å². The number of amides is 2. The predicted molar refractivity (Wildman–Crippen MR) is 177 cm³/mol. The summed E-state index contributed by atoms with van der Waals surface area (Å²) < 4.78 is 59.8. The van der Waals surface area contributed by atoms with Gasteiger partial charge < -0.3 is 30.0 Å². The molecule has 48 heavy (non-hydrogen) atoms. The Hall–Kier alpha value is -4.40. The van der Waals surface area contributed by atoms with E-state index in [1.165, 1.54) is 34.6 Å². The van der Waals surface area contributed by atoms with Crippen LogP contribution in [-0.2, 0) is 26.0 Å². The van der Waals surface area contributed by atoms with Crippen LogP contribution in [0.15, 0.2) is 71.6 Å². The number of sulfonamides is 1. The highest BCUT2D eigenvalue weighted by Crippen LogP contribution is 2.35. The lowest BCUT2D eigenvalue weighted by Crippen LogP contribution is -2.53. The van der Waals surface area contributed by atoms with Gasteiger partial charge in [0.1, 0.15) is 5.82 Å². The number of ether oxygens (including phenoxy) is 3. The van der Waals surface area contributed by atoms with Gasteiger partial charge in [0.15, 0.2) is 17.6 Å². The molecule has 3 aromatic rings. The predicted octanol–water partition coefficient (Wildman–Crippen LogP) is 4.14. The Kier molecular flexibility index (Phi) is 10.8. The molecule has 5 rings (SSSR count). The number of carbonyl (C=O) groups is 2. The summed E-state index contributed by atoms with van der Waals surface area (Å²) >= 11 is 0. The number of nitrogens with one attached hydrogen (secondary N) is 2. The molecule has 3 atom stereocenters. The fourth-order valence-electron chi connectivity index (χ4n) is 5.57. The second kappa shape index (κ2) is 14.8. The number of nitrogens with zero attached hydrogens (tertiary/aromatic N) is 2. The molecule has 0 radical (unpaired) electrons. The molecule has 2 amide bonds. The van der Waals surface area contributed by atoms with Crippen molar-refractivity contribution in [3.05, 3.63) is 78.1 Å². The van der Waals surface area contributed by atoms with Crippen LogP contribution in [0, 0.1) is 11.7 Å². The molecular formula is C34H41FN4O8S. The van der Waals surface area contributed by atoms with Gasteiger partial charge >= 0.3 is 6.09 Å². The van der Waals surface area contributed by atoms with E-state index in [1.807, 2.05) is 58.0 Å². The SMILES string of the molecule is CC(C)CN(C[C@@H](O)C(Cc1ccccc1)NC(=O)C1CN(c2cc(NC(C)C)ccc2F)C(=O)O1)S(=O)(=O)c1ccc2c(c1)OCO2. The van der Waals surface area contributed by atoms with Crippen molar-refractivity contribution < 1.29 is 41.7 Å². The maximum absolute atomic E-state index is 14.8. The molecule has 258 valence electrons. The van der Waals surface area contributed by atoms with Crippen molar-refractivity contribution in [2.75, 3.05) is 36.6 Å². The summed E-state index contributed by atoms with van der Waals surface area (Å²) in [6, 6.07) is 16.7. The van der Waals surface area contributed by atoms with E-state index in [9.17, 15) is 27.5 Å². The lowest BCUT2D eigenvalue weighted by Gasteiger charge is -2.31. The molecule has 2 unspecified atom stereocenters. The first-order valence-corrected chi connectivity index (χ1v) is 17.2. The number of rotatable bonds is 14. The van der Waals surface area contributed by atoms with E-state index in [0.29, 0.717) is 17.2 Å². The van der Waals surface area contributed by atoms with Gasteiger partial charge in [-0.05, 0) is 62.1 Å². The summed E-state index contributed by atoms with van der Waals surface area (Å²) in [5, 5.41) is 17.5. The van der Waals surface area contributed by atoms with Crippen LogP contribution in [0.25, 0.3) is 0 Å². The van der Waals surface area contributed by atoms with Crippen LogP contribution in [0.5, 0.6) is 11.5 Å². The first-order chi connectivity index (χ1) is 22.8. The number of halogens is 1. The van der Waals surface area contributed by atoms with Gasteiger partial charge in [0.25, 0.3) is 5.91 Å². The van der Waals surface area contributed by atoms with Crippen LogP contribution in [0.4, 0.5) is 20.6 Å². The zero-order chi connectivity index (χ0) is 34.6. The van der Waals surface area contributed by atoms with Gasteiger partial charge in [-0.1, -0.05) is 44.2 Å².